The van der Waals surface area contributed by atoms with E-state index < -0.39 is 0 Å². The van der Waals surface area contributed by atoms with Crippen molar-refractivity contribution in [3.63, 3.8) is 0 Å². The van der Waals surface area contributed by atoms with Crippen LogP contribution >= 0.6 is 0 Å². The van der Waals surface area contributed by atoms with Crippen LogP contribution in [0, 0.1) is 0 Å². The van der Waals surface area contributed by atoms with Gasteiger partial charge in [0.15, 0.2) is 5.78 Å². The van der Waals surface area contributed by atoms with E-state index in [0.29, 0.717) is 25.3 Å². The van der Waals surface area contributed by atoms with Crippen LogP contribution in [0.1, 0.15) is 40.4 Å². The summed E-state index contributed by atoms with van der Waals surface area (Å²) in [6, 6.07) is 17.8. The minimum absolute atomic E-state index is 0.170. The highest BCUT2D eigenvalue weighted by Gasteiger charge is 2.06. The summed E-state index contributed by atoms with van der Waals surface area (Å²) in [6.45, 7) is 2.47. The summed E-state index contributed by atoms with van der Waals surface area (Å²) in [6.07, 6.45) is 3.76. The third kappa shape index (κ3) is 5.38. The first-order valence-electron chi connectivity index (χ1n) is 9.05. The molecule has 1 heterocycles. The van der Waals surface area contributed by atoms with Crippen molar-refractivity contribution < 1.29 is 9.53 Å². The Labute approximate surface area is 159 Å². The van der Waals surface area contributed by atoms with Crippen molar-refractivity contribution in [2.24, 2.45) is 0 Å². The molecule has 2 aromatic carbocycles. The van der Waals surface area contributed by atoms with Crippen molar-refractivity contribution in [2.45, 2.75) is 32.8 Å². The Bertz CT molecular complexity index is 890. The number of anilines is 1. The normalized spacial score (nSPS) is 10.6. The van der Waals surface area contributed by atoms with Crippen LogP contribution < -0.4 is 10.5 Å². The summed E-state index contributed by atoms with van der Waals surface area (Å²) in [5.41, 5.74) is 9.75. The highest BCUT2D eigenvalue weighted by atomic mass is 16.5. The number of Topliss-reactive ketones (excluding diaryl/α,β-unsaturated/α-hetero) is 1. The van der Waals surface area contributed by atoms with Crippen LogP contribution in [0.4, 0.5) is 5.82 Å². The van der Waals surface area contributed by atoms with E-state index in [0.717, 1.165) is 23.1 Å². The highest BCUT2D eigenvalue weighted by Crippen LogP contribution is 2.13. The van der Waals surface area contributed by atoms with Crippen molar-refractivity contribution in [3.05, 3.63) is 83.0 Å². The van der Waals surface area contributed by atoms with Gasteiger partial charge in [-0.1, -0.05) is 55.5 Å². The number of rotatable bonds is 8. The maximum absolute atomic E-state index is 12.3. The molecule has 5 nitrogen and oxygen atoms in total. The number of hydrogen-bond acceptors (Lipinski definition) is 5. The molecule has 0 amide bonds. The first-order chi connectivity index (χ1) is 13.1. The number of carbonyl (C=O) groups excluding carboxylic acids is 1. The second-order valence-corrected chi connectivity index (χ2v) is 6.34. The number of carbonyl (C=O) groups is 1. The van der Waals surface area contributed by atoms with E-state index in [1.54, 1.807) is 12.3 Å². The third-order valence-corrected chi connectivity index (χ3v) is 4.37. The minimum atomic E-state index is 0.170. The number of ketones is 1. The molecule has 0 radical (unpaired) electrons. The van der Waals surface area contributed by atoms with Crippen LogP contribution in [0.5, 0.6) is 6.01 Å². The molecule has 0 saturated carbocycles. The molecule has 2 N–H and O–H groups in total. The summed E-state index contributed by atoms with van der Waals surface area (Å²) in [5, 5.41) is 0. The highest BCUT2D eigenvalue weighted by molar-refractivity contribution is 5.96. The summed E-state index contributed by atoms with van der Waals surface area (Å²) in [5.74, 6) is 0.549. The monoisotopic (exact) mass is 361 g/mol. The van der Waals surface area contributed by atoms with Crippen LogP contribution in [0.2, 0.25) is 0 Å². The number of ether oxygens (including phenoxy) is 1. The van der Waals surface area contributed by atoms with Crippen molar-refractivity contribution in [3.8, 4) is 6.01 Å². The molecule has 138 valence electrons. The molecule has 0 saturated heterocycles. The first kappa shape index (κ1) is 18.6. The van der Waals surface area contributed by atoms with Gasteiger partial charge in [-0.15, -0.1) is 0 Å². The lowest BCUT2D eigenvalue weighted by atomic mass is 10.0. The Morgan fingerprint density at radius 2 is 1.63 bits per heavy atom. The Kier molecular flexibility index (Phi) is 6.15. The Hall–Kier alpha value is -3.21. The lowest BCUT2D eigenvalue weighted by Crippen LogP contribution is -2.02. The zero-order valence-electron chi connectivity index (χ0n) is 15.4. The zero-order chi connectivity index (χ0) is 19.1. The number of aryl methyl sites for hydroxylation is 2. The fourth-order valence-corrected chi connectivity index (χ4v) is 2.70. The number of nitrogens with zero attached hydrogens (tertiary/aromatic N) is 2. The first-order valence-corrected chi connectivity index (χ1v) is 9.05. The molecule has 0 aliphatic rings. The van der Waals surface area contributed by atoms with Crippen LogP contribution in [0.3, 0.4) is 0 Å². The molecule has 0 aliphatic carbocycles. The van der Waals surface area contributed by atoms with Crippen molar-refractivity contribution in [1.82, 2.24) is 9.97 Å². The van der Waals surface area contributed by atoms with Gasteiger partial charge in [0, 0.05) is 18.2 Å². The van der Waals surface area contributed by atoms with Crippen molar-refractivity contribution in [1.29, 1.82) is 0 Å². The minimum Gasteiger partial charge on any atom is -0.459 e. The number of hydrogen-bond donors (Lipinski definition) is 1. The molecule has 3 rings (SSSR count). The molecular formula is C22H23N3O2. The number of aromatic nitrogens is 2. The van der Waals surface area contributed by atoms with Crippen molar-refractivity contribution in [2.75, 3.05) is 5.73 Å². The molecular weight excluding hydrogens is 338 g/mol. The van der Waals surface area contributed by atoms with E-state index in [1.807, 2.05) is 48.5 Å². The molecule has 0 fully saturated rings. The predicted octanol–water partition coefficient (Wildman–Crippen LogP) is 4.02. The summed E-state index contributed by atoms with van der Waals surface area (Å²) >= 11 is 0. The van der Waals surface area contributed by atoms with Crippen LogP contribution in [0.15, 0.2) is 60.8 Å². The van der Waals surface area contributed by atoms with Gasteiger partial charge in [-0.3, -0.25) is 4.79 Å². The second-order valence-electron chi connectivity index (χ2n) is 6.34. The van der Waals surface area contributed by atoms with Gasteiger partial charge in [-0.2, -0.15) is 4.98 Å². The smallest absolute Gasteiger partial charge is 0.318 e. The zero-order valence-corrected chi connectivity index (χ0v) is 15.4. The average Bonchev–Trinajstić information content (AvgIpc) is 2.71. The van der Waals surface area contributed by atoms with Gasteiger partial charge in [-0.05, 0) is 35.6 Å². The molecule has 0 bridgehead atoms. The maximum Gasteiger partial charge on any atom is 0.318 e. The van der Waals surface area contributed by atoms with Crippen LogP contribution in [0.25, 0.3) is 0 Å². The molecule has 27 heavy (non-hydrogen) atoms. The summed E-state index contributed by atoms with van der Waals surface area (Å²) in [7, 11) is 0. The largest absolute Gasteiger partial charge is 0.459 e. The van der Waals surface area contributed by atoms with E-state index in [1.165, 1.54) is 5.56 Å². The lowest BCUT2D eigenvalue weighted by molar-refractivity contribution is 0.0983. The Morgan fingerprint density at radius 3 is 2.30 bits per heavy atom. The standard InChI is InChI=1S/C22H23N3O2/c1-2-16-7-10-19(11-8-16)20(26)12-9-17-3-5-18(6-4-17)15-27-22-24-14-13-21(23)25-22/h3-8,10-11,13-14H,2,9,12,15H2,1H3,(H2,23,24,25). The van der Waals surface area contributed by atoms with E-state index in [-0.39, 0.29) is 11.8 Å². The Balaban J connectivity index is 1.50. The van der Waals surface area contributed by atoms with Gasteiger partial charge in [0.05, 0.1) is 0 Å². The van der Waals surface area contributed by atoms with Gasteiger partial charge in [0.25, 0.3) is 0 Å². The summed E-state index contributed by atoms with van der Waals surface area (Å²) < 4.78 is 5.53. The summed E-state index contributed by atoms with van der Waals surface area (Å²) in [4.78, 5) is 20.3. The van der Waals surface area contributed by atoms with Crippen LogP contribution in [-0.4, -0.2) is 15.8 Å². The SMILES string of the molecule is CCc1ccc(C(=O)CCc2ccc(COc3nccc(N)n3)cc2)cc1. The predicted molar refractivity (Wildman–Crippen MR) is 106 cm³/mol. The third-order valence-electron chi connectivity index (χ3n) is 4.37. The number of nitrogen functional groups attached to an aromatic ring is 1. The van der Waals surface area contributed by atoms with Gasteiger partial charge in [0.1, 0.15) is 12.4 Å². The lowest BCUT2D eigenvalue weighted by Gasteiger charge is -2.06. The molecule has 0 atom stereocenters. The molecule has 0 unspecified atom stereocenters. The molecule has 5 heteroatoms. The maximum atomic E-state index is 12.3. The fourth-order valence-electron chi connectivity index (χ4n) is 2.70. The van der Waals surface area contributed by atoms with Gasteiger partial charge < -0.3 is 10.5 Å². The van der Waals surface area contributed by atoms with E-state index in [4.69, 9.17) is 10.5 Å². The quantitative estimate of drug-likeness (QED) is 0.613. The van der Waals surface area contributed by atoms with Crippen molar-refractivity contribution >= 4 is 11.6 Å². The fraction of sp³-hybridized carbons (Fsp3) is 0.227. The average molecular weight is 361 g/mol. The second kappa shape index (κ2) is 8.94. The van der Waals surface area contributed by atoms with Gasteiger partial charge in [-0.25, -0.2) is 4.98 Å². The number of nitrogens with two attached hydrogens (primary N) is 1. The Morgan fingerprint density at radius 1 is 0.963 bits per heavy atom. The topological polar surface area (TPSA) is 78.1 Å². The molecule has 1 aromatic heterocycles. The molecule has 0 spiro atoms. The molecule has 3 aromatic rings. The van der Waals surface area contributed by atoms with Gasteiger partial charge in [0.2, 0.25) is 0 Å². The van der Waals surface area contributed by atoms with Gasteiger partial charge >= 0.3 is 6.01 Å². The van der Waals surface area contributed by atoms with E-state index in [2.05, 4.69) is 16.9 Å². The number of benzene rings is 2. The van der Waals surface area contributed by atoms with E-state index >= 15 is 0 Å². The molecule has 0 aliphatic heterocycles. The van der Waals surface area contributed by atoms with Crippen LogP contribution in [-0.2, 0) is 19.4 Å². The van der Waals surface area contributed by atoms with E-state index in [9.17, 15) is 4.79 Å².